The van der Waals surface area contributed by atoms with Crippen LogP contribution in [0, 0.1) is 5.41 Å². The maximum atomic E-state index is 11.1. The van der Waals surface area contributed by atoms with Gasteiger partial charge in [0.15, 0.2) is 0 Å². The number of nitrogens with one attached hydrogen (secondary N) is 1. The van der Waals surface area contributed by atoms with Gasteiger partial charge in [0.25, 0.3) is 0 Å². The van der Waals surface area contributed by atoms with E-state index in [-0.39, 0.29) is 11.5 Å². The molecule has 1 unspecified atom stereocenters. The molecule has 0 spiro atoms. The summed E-state index contributed by atoms with van der Waals surface area (Å²) < 4.78 is 5.44. The molecule has 23 heavy (non-hydrogen) atoms. The van der Waals surface area contributed by atoms with Crippen molar-refractivity contribution in [3.8, 4) is 16.9 Å². The molecule has 120 valence electrons. The Balaban J connectivity index is 2.03. The minimum Gasteiger partial charge on any atom is -0.496 e. The van der Waals surface area contributed by atoms with Crippen molar-refractivity contribution in [2.45, 2.75) is 26.3 Å². The van der Waals surface area contributed by atoms with Crippen molar-refractivity contribution in [2.24, 2.45) is 5.41 Å². The molecule has 0 aliphatic heterocycles. The molecular formula is C19H21NO3. The number of amides is 1. The molecular weight excluding hydrogens is 290 g/mol. The summed E-state index contributed by atoms with van der Waals surface area (Å²) in [6.07, 6.45) is -0.138. The summed E-state index contributed by atoms with van der Waals surface area (Å²) in [5, 5.41) is 11.8. The van der Waals surface area contributed by atoms with E-state index >= 15 is 0 Å². The molecule has 1 aliphatic rings. The summed E-state index contributed by atoms with van der Waals surface area (Å²) in [4.78, 5) is 11.1. The third-order valence-corrected chi connectivity index (χ3v) is 4.57. The van der Waals surface area contributed by atoms with Crippen molar-refractivity contribution in [3.05, 3.63) is 53.6 Å². The molecule has 3 rings (SSSR count). The lowest BCUT2D eigenvalue weighted by Gasteiger charge is -2.27. The van der Waals surface area contributed by atoms with E-state index in [9.17, 15) is 4.79 Å². The Hall–Kier alpha value is -2.49. The van der Waals surface area contributed by atoms with Gasteiger partial charge in [-0.1, -0.05) is 50.2 Å². The van der Waals surface area contributed by atoms with E-state index in [0.717, 1.165) is 28.9 Å². The van der Waals surface area contributed by atoms with Gasteiger partial charge in [0.05, 0.1) is 13.2 Å². The van der Waals surface area contributed by atoms with Crippen LogP contribution in [0.3, 0.4) is 0 Å². The summed E-state index contributed by atoms with van der Waals surface area (Å²) in [7, 11) is 1.67. The summed E-state index contributed by atoms with van der Waals surface area (Å²) in [5.74, 6) is 0.838. The Morgan fingerprint density at radius 3 is 2.70 bits per heavy atom. The minimum absolute atomic E-state index is 0.139. The lowest BCUT2D eigenvalue weighted by molar-refractivity contribution is 0.175. The molecule has 2 aromatic carbocycles. The zero-order chi connectivity index (χ0) is 16.6. The van der Waals surface area contributed by atoms with E-state index in [1.807, 2.05) is 36.4 Å². The molecule has 0 bridgehead atoms. The predicted octanol–water partition coefficient (Wildman–Crippen LogP) is 4.25. The molecule has 2 aromatic rings. The highest BCUT2D eigenvalue weighted by molar-refractivity contribution is 5.72. The van der Waals surface area contributed by atoms with Gasteiger partial charge in [-0.15, -0.1) is 0 Å². The first-order chi connectivity index (χ1) is 10.9. The van der Waals surface area contributed by atoms with Crippen LogP contribution in [-0.4, -0.2) is 18.3 Å². The summed E-state index contributed by atoms with van der Waals surface area (Å²) in [6.45, 7) is 4.19. The highest BCUT2D eigenvalue weighted by atomic mass is 16.5. The highest BCUT2D eigenvalue weighted by Crippen LogP contribution is 2.46. The van der Waals surface area contributed by atoms with Crippen LogP contribution < -0.4 is 10.1 Å². The Kier molecular flexibility index (Phi) is 3.76. The maximum absolute atomic E-state index is 11.1. The normalized spacial score (nSPS) is 18.3. The smallest absolute Gasteiger partial charge is 0.405 e. The second kappa shape index (κ2) is 5.61. The van der Waals surface area contributed by atoms with E-state index in [1.165, 1.54) is 5.56 Å². The third kappa shape index (κ3) is 2.77. The fourth-order valence-corrected chi connectivity index (χ4v) is 3.50. The van der Waals surface area contributed by atoms with Gasteiger partial charge in [-0.2, -0.15) is 0 Å². The molecule has 0 aromatic heterocycles. The molecule has 0 saturated heterocycles. The van der Waals surface area contributed by atoms with Crippen LogP contribution in [0.4, 0.5) is 4.79 Å². The van der Waals surface area contributed by atoms with Gasteiger partial charge in [-0.3, -0.25) is 0 Å². The first kappa shape index (κ1) is 15.4. The fourth-order valence-electron chi connectivity index (χ4n) is 3.50. The van der Waals surface area contributed by atoms with Gasteiger partial charge in [-0.25, -0.2) is 4.79 Å². The van der Waals surface area contributed by atoms with Gasteiger partial charge < -0.3 is 15.2 Å². The Morgan fingerprint density at radius 1 is 1.26 bits per heavy atom. The quantitative estimate of drug-likeness (QED) is 0.890. The number of fused-ring (bicyclic) bond motifs is 1. The lowest BCUT2D eigenvalue weighted by atomic mass is 9.85. The highest BCUT2D eigenvalue weighted by Gasteiger charge is 2.40. The largest absolute Gasteiger partial charge is 0.496 e. The van der Waals surface area contributed by atoms with Crippen LogP contribution in [0.2, 0.25) is 0 Å². The van der Waals surface area contributed by atoms with E-state index in [2.05, 4.69) is 25.2 Å². The number of carbonyl (C=O) groups is 1. The van der Waals surface area contributed by atoms with Crippen molar-refractivity contribution in [3.63, 3.8) is 0 Å². The Morgan fingerprint density at radius 2 is 2.00 bits per heavy atom. The van der Waals surface area contributed by atoms with E-state index in [1.54, 1.807) is 7.11 Å². The standard InChI is InChI=1S/C19H21NO3/c1-19(2)11-13-10-12(14-6-4-5-7-16(14)23-3)8-9-15(13)17(19)20-18(21)22/h4-10,17,20H,11H2,1-3H3,(H,21,22). The van der Waals surface area contributed by atoms with Crippen LogP contribution in [-0.2, 0) is 6.42 Å². The SMILES string of the molecule is COc1ccccc1-c1ccc2c(c1)CC(C)(C)C2NC(=O)O. The van der Waals surface area contributed by atoms with Crippen molar-refractivity contribution in [1.82, 2.24) is 5.32 Å². The van der Waals surface area contributed by atoms with Gasteiger partial charge in [0.2, 0.25) is 0 Å². The van der Waals surface area contributed by atoms with Crippen molar-refractivity contribution in [1.29, 1.82) is 0 Å². The number of rotatable bonds is 3. The van der Waals surface area contributed by atoms with Crippen LogP contribution in [0.5, 0.6) is 5.75 Å². The number of methoxy groups -OCH3 is 1. The molecule has 2 N–H and O–H groups in total. The zero-order valence-electron chi connectivity index (χ0n) is 13.6. The molecule has 4 heteroatoms. The summed E-state index contributed by atoms with van der Waals surface area (Å²) in [5.41, 5.74) is 4.26. The van der Waals surface area contributed by atoms with Gasteiger partial charge in [-0.05, 0) is 34.6 Å². The molecule has 0 saturated carbocycles. The fraction of sp³-hybridized carbons (Fsp3) is 0.316. The lowest BCUT2D eigenvalue weighted by Crippen LogP contribution is -2.34. The summed E-state index contributed by atoms with van der Waals surface area (Å²) >= 11 is 0. The van der Waals surface area contributed by atoms with Crippen molar-refractivity contribution in [2.75, 3.05) is 7.11 Å². The maximum Gasteiger partial charge on any atom is 0.405 e. The number of para-hydroxylation sites is 1. The van der Waals surface area contributed by atoms with Crippen LogP contribution in [0.15, 0.2) is 42.5 Å². The molecule has 1 aliphatic carbocycles. The Bertz CT molecular complexity index is 752. The van der Waals surface area contributed by atoms with E-state index in [0.29, 0.717) is 0 Å². The monoisotopic (exact) mass is 311 g/mol. The average Bonchev–Trinajstić information content (AvgIpc) is 2.76. The number of hydrogen-bond donors (Lipinski definition) is 2. The van der Waals surface area contributed by atoms with Gasteiger partial charge in [0, 0.05) is 5.56 Å². The number of ether oxygens (including phenoxy) is 1. The van der Waals surface area contributed by atoms with Crippen LogP contribution in [0.25, 0.3) is 11.1 Å². The van der Waals surface area contributed by atoms with Crippen molar-refractivity contribution >= 4 is 6.09 Å². The topological polar surface area (TPSA) is 58.6 Å². The molecule has 4 nitrogen and oxygen atoms in total. The van der Waals surface area contributed by atoms with Crippen molar-refractivity contribution < 1.29 is 14.6 Å². The van der Waals surface area contributed by atoms with Gasteiger partial charge >= 0.3 is 6.09 Å². The first-order valence-electron chi connectivity index (χ1n) is 7.68. The number of benzene rings is 2. The van der Waals surface area contributed by atoms with E-state index < -0.39 is 6.09 Å². The second-order valence-electron chi connectivity index (χ2n) is 6.66. The number of hydrogen-bond acceptors (Lipinski definition) is 2. The van der Waals surface area contributed by atoms with E-state index in [4.69, 9.17) is 9.84 Å². The molecule has 0 heterocycles. The first-order valence-corrected chi connectivity index (χ1v) is 7.68. The Labute approximate surface area is 136 Å². The number of carboxylic acid groups (broad SMARTS) is 1. The third-order valence-electron chi connectivity index (χ3n) is 4.57. The second-order valence-corrected chi connectivity index (χ2v) is 6.66. The predicted molar refractivity (Wildman–Crippen MR) is 89.8 cm³/mol. The minimum atomic E-state index is -0.982. The van der Waals surface area contributed by atoms with Crippen LogP contribution >= 0.6 is 0 Å². The van der Waals surface area contributed by atoms with Gasteiger partial charge in [0.1, 0.15) is 5.75 Å². The molecule has 0 fully saturated rings. The average molecular weight is 311 g/mol. The molecule has 1 amide bonds. The van der Waals surface area contributed by atoms with Crippen LogP contribution in [0.1, 0.15) is 31.0 Å². The molecule has 0 radical (unpaired) electrons. The zero-order valence-corrected chi connectivity index (χ0v) is 13.6. The molecule has 1 atom stereocenters. The summed E-state index contributed by atoms with van der Waals surface area (Å²) in [6, 6.07) is 14.0.